The van der Waals surface area contributed by atoms with Crippen molar-refractivity contribution in [2.75, 3.05) is 32.7 Å². The van der Waals surface area contributed by atoms with Crippen LogP contribution >= 0.6 is 0 Å². The second-order valence-corrected chi connectivity index (χ2v) is 6.33. The molecule has 0 unspecified atom stereocenters. The van der Waals surface area contributed by atoms with E-state index in [0.717, 1.165) is 49.1 Å². The number of hydrogen-bond acceptors (Lipinski definition) is 3. The number of aliphatic hydroxyl groups excluding tert-OH is 1. The molecule has 1 amide bonds. The Morgan fingerprint density at radius 1 is 1.22 bits per heavy atom. The largest absolute Gasteiger partial charge is 0.392 e. The number of aryl methyl sites for hydroxylation is 1. The lowest BCUT2D eigenvalue weighted by Crippen LogP contribution is -2.50. The van der Waals surface area contributed by atoms with Gasteiger partial charge < -0.3 is 14.6 Å². The number of aliphatic hydroxyl groups is 1. The van der Waals surface area contributed by atoms with Gasteiger partial charge in [0.1, 0.15) is 0 Å². The molecule has 2 heterocycles. The molecule has 0 bridgehead atoms. The fourth-order valence-electron chi connectivity index (χ4n) is 3.24. The van der Waals surface area contributed by atoms with E-state index in [0.29, 0.717) is 6.54 Å². The first kappa shape index (κ1) is 16.0. The first-order valence-corrected chi connectivity index (χ1v) is 8.34. The third kappa shape index (κ3) is 3.26. The number of para-hydroxylation sites is 1. The van der Waals surface area contributed by atoms with Crippen LogP contribution in [0.1, 0.15) is 23.7 Å². The van der Waals surface area contributed by atoms with E-state index in [-0.39, 0.29) is 12.0 Å². The number of fused-ring (bicyclic) bond motifs is 1. The molecule has 1 aliphatic rings. The van der Waals surface area contributed by atoms with Gasteiger partial charge in [-0.05, 0) is 12.5 Å². The number of nitrogens with zero attached hydrogens (tertiary/aromatic N) is 3. The molecule has 0 saturated carbocycles. The maximum atomic E-state index is 12.9. The summed E-state index contributed by atoms with van der Waals surface area (Å²) in [5.74, 6) is 0.109. The summed E-state index contributed by atoms with van der Waals surface area (Å²) in [6.07, 6.45) is 2.44. The Hall–Kier alpha value is -1.85. The van der Waals surface area contributed by atoms with E-state index >= 15 is 0 Å². The van der Waals surface area contributed by atoms with Gasteiger partial charge in [-0.15, -0.1) is 0 Å². The number of amides is 1. The maximum Gasteiger partial charge on any atom is 0.256 e. The highest BCUT2D eigenvalue weighted by atomic mass is 16.3. The average molecular weight is 315 g/mol. The van der Waals surface area contributed by atoms with Crippen molar-refractivity contribution in [3.8, 4) is 0 Å². The molecule has 23 heavy (non-hydrogen) atoms. The van der Waals surface area contributed by atoms with E-state index in [1.165, 1.54) is 0 Å². The zero-order chi connectivity index (χ0) is 16.4. The number of carbonyl (C=O) groups is 1. The summed E-state index contributed by atoms with van der Waals surface area (Å²) >= 11 is 0. The molecule has 1 aromatic carbocycles. The fourth-order valence-corrected chi connectivity index (χ4v) is 3.24. The van der Waals surface area contributed by atoms with E-state index in [1.807, 2.05) is 53.9 Å². The van der Waals surface area contributed by atoms with Crippen LogP contribution < -0.4 is 0 Å². The second-order valence-electron chi connectivity index (χ2n) is 6.33. The molecular formula is C18H25N3O2. The highest BCUT2D eigenvalue weighted by Gasteiger charge is 2.25. The zero-order valence-electron chi connectivity index (χ0n) is 13.9. The SMILES string of the molecule is CC[C@H](O)CN1CCN(C(=O)c2cn(C)c3ccccc23)CC1. The minimum absolute atomic E-state index is 0.109. The molecule has 1 aromatic heterocycles. The summed E-state index contributed by atoms with van der Waals surface area (Å²) < 4.78 is 2.01. The van der Waals surface area contributed by atoms with Crippen LogP contribution in [0, 0.1) is 0 Å². The number of hydrogen-bond donors (Lipinski definition) is 1. The predicted octanol–water partition coefficient (Wildman–Crippen LogP) is 1.71. The summed E-state index contributed by atoms with van der Waals surface area (Å²) in [4.78, 5) is 17.0. The first-order chi connectivity index (χ1) is 11.1. The Morgan fingerprint density at radius 2 is 1.91 bits per heavy atom. The molecule has 1 fully saturated rings. The van der Waals surface area contributed by atoms with Gasteiger partial charge in [-0.3, -0.25) is 9.69 Å². The van der Waals surface area contributed by atoms with Crippen LogP contribution in [0.4, 0.5) is 0 Å². The van der Waals surface area contributed by atoms with Crippen LogP contribution in [0.25, 0.3) is 10.9 Å². The van der Waals surface area contributed by atoms with Crippen LogP contribution in [0.5, 0.6) is 0 Å². The second kappa shape index (κ2) is 6.72. The number of β-amino-alcohol motifs (C(OH)–C–C–N with tert-alkyl or cyclic N) is 1. The van der Waals surface area contributed by atoms with E-state index in [9.17, 15) is 9.90 Å². The molecule has 2 aromatic rings. The Bertz CT molecular complexity index is 687. The standard InChI is InChI=1S/C18H25N3O2/c1-3-14(22)12-20-8-10-21(11-9-20)18(23)16-13-19(2)17-7-5-4-6-15(16)17/h4-7,13-14,22H,3,8-12H2,1-2H3/t14-/m0/s1. The van der Waals surface area contributed by atoms with E-state index in [2.05, 4.69) is 4.90 Å². The van der Waals surface area contributed by atoms with Gasteiger partial charge in [0.25, 0.3) is 5.91 Å². The van der Waals surface area contributed by atoms with Gasteiger partial charge in [-0.2, -0.15) is 0 Å². The number of aromatic nitrogens is 1. The summed E-state index contributed by atoms with van der Waals surface area (Å²) in [5, 5.41) is 10.8. The number of piperazine rings is 1. The number of carbonyl (C=O) groups excluding carboxylic acids is 1. The lowest BCUT2D eigenvalue weighted by Gasteiger charge is -2.35. The van der Waals surface area contributed by atoms with Crippen molar-refractivity contribution in [2.45, 2.75) is 19.4 Å². The van der Waals surface area contributed by atoms with Crippen LogP contribution in [0.3, 0.4) is 0 Å². The molecule has 0 aliphatic carbocycles. The van der Waals surface area contributed by atoms with Crippen LogP contribution in [-0.2, 0) is 7.05 Å². The monoisotopic (exact) mass is 315 g/mol. The van der Waals surface area contributed by atoms with Gasteiger partial charge >= 0.3 is 0 Å². The first-order valence-electron chi connectivity index (χ1n) is 8.34. The summed E-state index contributed by atoms with van der Waals surface area (Å²) in [6, 6.07) is 8.02. The Morgan fingerprint density at radius 3 is 2.61 bits per heavy atom. The van der Waals surface area contributed by atoms with Crippen molar-refractivity contribution in [1.82, 2.24) is 14.4 Å². The lowest BCUT2D eigenvalue weighted by atomic mass is 10.1. The third-order valence-electron chi connectivity index (χ3n) is 4.73. The van der Waals surface area contributed by atoms with Gasteiger partial charge in [0.2, 0.25) is 0 Å². The molecule has 0 spiro atoms. The van der Waals surface area contributed by atoms with Gasteiger partial charge in [0.05, 0.1) is 11.7 Å². The molecule has 0 radical (unpaired) electrons. The molecule has 5 nitrogen and oxygen atoms in total. The topological polar surface area (TPSA) is 48.7 Å². The molecule has 5 heteroatoms. The number of rotatable bonds is 4. The maximum absolute atomic E-state index is 12.9. The number of benzene rings is 1. The molecular weight excluding hydrogens is 290 g/mol. The molecule has 1 saturated heterocycles. The Kier molecular flexibility index (Phi) is 4.68. The summed E-state index contributed by atoms with van der Waals surface area (Å²) in [6.45, 7) is 5.79. The van der Waals surface area contributed by atoms with Crippen molar-refractivity contribution < 1.29 is 9.90 Å². The Labute approximate surface area is 137 Å². The minimum Gasteiger partial charge on any atom is -0.392 e. The van der Waals surface area contributed by atoms with Gasteiger partial charge in [0, 0.05) is 56.9 Å². The van der Waals surface area contributed by atoms with Gasteiger partial charge in [0.15, 0.2) is 0 Å². The summed E-state index contributed by atoms with van der Waals surface area (Å²) in [5.41, 5.74) is 1.87. The average Bonchev–Trinajstić information content (AvgIpc) is 2.92. The van der Waals surface area contributed by atoms with Crippen molar-refractivity contribution in [3.05, 3.63) is 36.0 Å². The molecule has 1 atom stereocenters. The normalized spacial score (nSPS) is 17.6. The molecule has 124 valence electrons. The van der Waals surface area contributed by atoms with Crippen molar-refractivity contribution in [3.63, 3.8) is 0 Å². The van der Waals surface area contributed by atoms with Crippen LogP contribution in [-0.4, -0.2) is 64.2 Å². The fraction of sp³-hybridized carbons (Fsp3) is 0.500. The van der Waals surface area contributed by atoms with Crippen molar-refractivity contribution in [1.29, 1.82) is 0 Å². The highest BCUT2D eigenvalue weighted by Crippen LogP contribution is 2.22. The van der Waals surface area contributed by atoms with Crippen molar-refractivity contribution in [2.24, 2.45) is 7.05 Å². The van der Waals surface area contributed by atoms with Crippen LogP contribution in [0.2, 0.25) is 0 Å². The van der Waals surface area contributed by atoms with Crippen LogP contribution in [0.15, 0.2) is 30.5 Å². The van der Waals surface area contributed by atoms with Crippen molar-refractivity contribution >= 4 is 16.8 Å². The summed E-state index contributed by atoms with van der Waals surface area (Å²) in [7, 11) is 1.98. The highest BCUT2D eigenvalue weighted by molar-refractivity contribution is 6.07. The predicted molar refractivity (Wildman–Crippen MR) is 91.6 cm³/mol. The smallest absolute Gasteiger partial charge is 0.256 e. The lowest BCUT2D eigenvalue weighted by molar-refractivity contribution is 0.0525. The third-order valence-corrected chi connectivity index (χ3v) is 4.73. The quantitative estimate of drug-likeness (QED) is 0.934. The Balaban J connectivity index is 1.70. The minimum atomic E-state index is -0.268. The molecule has 1 N–H and O–H groups in total. The molecule has 3 rings (SSSR count). The van der Waals surface area contributed by atoms with E-state index < -0.39 is 0 Å². The van der Waals surface area contributed by atoms with Gasteiger partial charge in [-0.1, -0.05) is 25.1 Å². The van der Waals surface area contributed by atoms with E-state index in [1.54, 1.807) is 0 Å². The van der Waals surface area contributed by atoms with E-state index in [4.69, 9.17) is 0 Å². The van der Waals surface area contributed by atoms with Gasteiger partial charge in [-0.25, -0.2) is 0 Å². The zero-order valence-corrected chi connectivity index (χ0v) is 13.9. The molecule has 1 aliphatic heterocycles.